The quantitative estimate of drug-likeness (QED) is 0.758. The van der Waals surface area contributed by atoms with Crippen molar-refractivity contribution in [1.82, 2.24) is 0 Å². The van der Waals surface area contributed by atoms with Crippen LogP contribution in [0.4, 0.5) is 0 Å². The minimum absolute atomic E-state index is 0.330. The van der Waals surface area contributed by atoms with Crippen LogP contribution < -0.4 is 9.16 Å². The van der Waals surface area contributed by atoms with Crippen molar-refractivity contribution in [2.45, 2.75) is 39.0 Å². The molecule has 3 radical (unpaired) electrons. The molecule has 2 nitrogen and oxygen atoms in total. The molecule has 0 unspecified atom stereocenters. The molecule has 3 heteroatoms. The Morgan fingerprint density at radius 1 is 1.12 bits per heavy atom. The maximum atomic E-state index is 5.91. The van der Waals surface area contributed by atoms with E-state index in [1.54, 1.807) is 0 Å². The Morgan fingerprint density at radius 2 is 1.76 bits per heavy atom. The first-order chi connectivity index (χ1) is 8.23. The fourth-order valence-corrected chi connectivity index (χ4v) is 2.62. The zero-order valence-corrected chi connectivity index (χ0v) is 11.4. The normalized spacial score (nSPS) is 18.7. The fraction of sp³-hybridized carbons (Fsp3) is 0.571. The number of para-hydroxylation sites is 2. The van der Waals surface area contributed by atoms with E-state index < -0.39 is 0 Å². The third-order valence-corrected chi connectivity index (χ3v) is 3.82. The van der Waals surface area contributed by atoms with Crippen molar-refractivity contribution in [2.75, 3.05) is 6.61 Å². The summed E-state index contributed by atoms with van der Waals surface area (Å²) in [5.41, 5.74) is 0.330. The highest BCUT2D eigenvalue weighted by Gasteiger charge is 2.27. The van der Waals surface area contributed by atoms with Crippen molar-refractivity contribution < 1.29 is 9.16 Å². The molecule has 0 atom stereocenters. The molecule has 2 rings (SSSR count). The molecule has 0 saturated heterocycles. The van der Waals surface area contributed by atoms with Crippen LogP contribution >= 0.6 is 0 Å². The molecule has 0 N–H and O–H groups in total. The number of rotatable bonds is 4. The van der Waals surface area contributed by atoms with Crippen LogP contribution in [0, 0.1) is 5.41 Å². The van der Waals surface area contributed by atoms with Crippen molar-refractivity contribution in [3.8, 4) is 11.5 Å². The number of hydrogen-bond donors (Lipinski definition) is 0. The maximum Gasteiger partial charge on any atom is 0.341 e. The van der Waals surface area contributed by atoms with Crippen LogP contribution in [-0.4, -0.2) is 17.1 Å². The zero-order chi connectivity index (χ0) is 12.1. The van der Waals surface area contributed by atoms with E-state index in [1.165, 1.54) is 32.1 Å². The standard InChI is InChI=1S/C14H19O2Si/c1-14(9-5-2-6-10-14)11-15-12-7-3-4-8-13(12)16-17/h3-4,7-8H,2,5-6,9-11H2,1H3. The lowest BCUT2D eigenvalue weighted by atomic mass is 9.76. The molecule has 0 spiro atoms. The van der Waals surface area contributed by atoms with Gasteiger partial charge in [-0.1, -0.05) is 38.3 Å². The largest absolute Gasteiger partial charge is 0.538 e. The van der Waals surface area contributed by atoms with Crippen molar-refractivity contribution in [3.05, 3.63) is 24.3 Å². The summed E-state index contributed by atoms with van der Waals surface area (Å²) < 4.78 is 11.0. The number of benzene rings is 1. The van der Waals surface area contributed by atoms with Crippen molar-refractivity contribution >= 4 is 10.5 Å². The molecule has 1 aliphatic rings. The summed E-state index contributed by atoms with van der Waals surface area (Å²) in [5, 5.41) is 0. The van der Waals surface area contributed by atoms with E-state index in [0.29, 0.717) is 5.41 Å². The van der Waals surface area contributed by atoms with Gasteiger partial charge in [0.1, 0.15) is 5.75 Å². The van der Waals surface area contributed by atoms with Crippen molar-refractivity contribution in [3.63, 3.8) is 0 Å². The Labute approximate surface area is 107 Å². The molecular weight excluding hydrogens is 228 g/mol. The van der Waals surface area contributed by atoms with Crippen LogP contribution in [0.25, 0.3) is 0 Å². The van der Waals surface area contributed by atoms with Gasteiger partial charge in [0.2, 0.25) is 0 Å². The van der Waals surface area contributed by atoms with Crippen LogP contribution in [0.2, 0.25) is 0 Å². The second-order valence-corrected chi connectivity index (χ2v) is 5.41. The van der Waals surface area contributed by atoms with Gasteiger partial charge in [-0.25, -0.2) is 0 Å². The van der Waals surface area contributed by atoms with Crippen LogP contribution in [0.3, 0.4) is 0 Å². The highest BCUT2D eigenvalue weighted by Crippen LogP contribution is 2.37. The molecule has 1 saturated carbocycles. The van der Waals surface area contributed by atoms with Crippen LogP contribution in [0.5, 0.6) is 11.5 Å². The van der Waals surface area contributed by atoms with E-state index in [1.807, 2.05) is 24.3 Å². The van der Waals surface area contributed by atoms with E-state index >= 15 is 0 Å². The SMILES string of the molecule is CC1(COc2ccccc2O[Si])CCCCC1. The molecule has 1 aliphatic carbocycles. The highest BCUT2D eigenvalue weighted by atomic mass is 28.2. The lowest BCUT2D eigenvalue weighted by Crippen LogP contribution is -2.27. The predicted molar refractivity (Wildman–Crippen MR) is 69.5 cm³/mol. The van der Waals surface area contributed by atoms with Gasteiger partial charge in [-0.15, -0.1) is 0 Å². The molecule has 1 aromatic carbocycles. The molecule has 0 aliphatic heterocycles. The van der Waals surface area contributed by atoms with Crippen LogP contribution in [-0.2, 0) is 0 Å². The molecule has 0 amide bonds. The Hall–Kier alpha value is -0.963. The Morgan fingerprint density at radius 3 is 2.41 bits per heavy atom. The summed E-state index contributed by atoms with van der Waals surface area (Å²) in [5.74, 6) is 1.55. The van der Waals surface area contributed by atoms with E-state index in [9.17, 15) is 0 Å². The fourth-order valence-electron chi connectivity index (χ4n) is 2.46. The summed E-state index contributed by atoms with van der Waals surface area (Å²) in [7, 11) is 3.06. The Bertz CT molecular complexity index is 359. The third kappa shape index (κ3) is 3.25. The van der Waals surface area contributed by atoms with E-state index in [2.05, 4.69) is 17.4 Å². The van der Waals surface area contributed by atoms with Crippen LogP contribution in [0.15, 0.2) is 24.3 Å². The van der Waals surface area contributed by atoms with Gasteiger partial charge in [-0.2, -0.15) is 0 Å². The van der Waals surface area contributed by atoms with E-state index in [4.69, 9.17) is 9.16 Å². The smallest absolute Gasteiger partial charge is 0.341 e. The van der Waals surface area contributed by atoms with Gasteiger partial charge in [-0.3, -0.25) is 0 Å². The topological polar surface area (TPSA) is 18.5 Å². The third-order valence-electron chi connectivity index (χ3n) is 3.60. The molecule has 0 bridgehead atoms. The maximum absolute atomic E-state index is 5.91. The molecule has 1 fully saturated rings. The van der Waals surface area contributed by atoms with E-state index in [0.717, 1.165) is 18.1 Å². The van der Waals surface area contributed by atoms with Crippen molar-refractivity contribution in [1.29, 1.82) is 0 Å². The van der Waals surface area contributed by atoms with Gasteiger partial charge in [0.15, 0.2) is 5.75 Å². The predicted octanol–water partition coefficient (Wildman–Crippen LogP) is 3.50. The lowest BCUT2D eigenvalue weighted by Gasteiger charge is -2.33. The van der Waals surface area contributed by atoms with Gasteiger partial charge in [0.25, 0.3) is 0 Å². The second-order valence-electron chi connectivity index (χ2n) is 5.21. The summed E-state index contributed by atoms with van der Waals surface area (Å²) in [6.07, 6.45) is 6.57. The van der Waals surface area contributed by atoms with Crippen LogP contribution in [0.1, 0.15) is 39.0 Å². The Balaban J connectivity index is 1.96. The number of ether oxygens (including phenoxy) is 1. The summed E-state index contributed by atoms with van der Waals surface area (Å²) in [6.45, 7) is 3.10. The average molecular weight is 247 g/mol. The van der Waals surface area contributed by atoms with Gasteiger partial charge < -0.3 is 9.16 Å². The van der Waals surface area contributed by atoms with Gasteiger partial charge in [-0.05, 0) is 25.0 Å². The molecule has 0 aromatic heterocycles. The molecule has 1 aromatic rings. The Kier molecular flexibility index (Phi) is 4.10. The first-order valence-electron chi connectivity index (χ1n) is 6.29. The van der Waals surface area contributed by atoms with E-state index in [-0.39, 0.29) is 0 Å². The van der Waals surface area contributed by atoms with Gasteiger partial charge in [0.05, 0.1) is 6.61 Å². The summed E-state index contributed by atoms with van der Waals surface area (Å²) in [6, 6.07) is 7.74. The monoisotopic (exact) mass is 247 g/mol. The highest BCUT2D eigenvalue weighted by molar-refractivity contribution is 6.00. The molecule has 0 heterocycles. The zero-order valence-electron chi connectivity index (χ0n) is 10.4. The average Bonchev–Trinajstić information content (AvgIpc) is 2.38. The first-order valence-corrected chi connectivity index (χ1v) is 6.70. The molecule has 17 heavy (non-hydrogen) atoms. The van der Waals surface area contributed by atoms with Crippen molar-refractivity contribution in [2.24, 2.45) is 5.41 Å². The summed E-state index contributed by atoms with van der Waals surface area (Å²) >= 11 is 0. The number of hydrogen-bond acceptors (Lipinski definition) is 2. The molecule has 91 valence electrons. The minimum atomic E-state index is 0.330. The second kappa shape index (κ2) is 5.58. The molecular formula is C14H19O2Si. The minimum Gasteiger partial charge on any atom is -0.538 e. The summed E-state index contributed by atoms with van der Waals surface area (Å²) in [4.78, 5) is 0. The van der Waals surface area contributed by atoms with Gasteiger partial charge in [0, 0.05) is 5.41 Å². The van der Waals surface area contributed by atoms with Gasteiger partial charge >= 0.3 is 10.5 Å². The lowest BCUT2D eigenvalue weighted by molar-refractivity contribution is 0.114. The first kappa shape index (κ1) is 12.5.